The van der Waals surface area contributed by atoms with Gasteiger partial charge in [-0.2, -0.15) is 5.26 Å². The number of benzene rings is 1. The minimum atomic E-state index is -1.05. The number of carboxylic acids is 1. The number of amides is 1. The molecule has 0 spiro atoms. The molecule has 0 radical (unpaired) electrons. The molecule has 6 heteroatoms. The summed E-state index contributed by atoms with van der Waals surface area (Å²) in [5, 5.41) is 20.6. The zero-order chi connectivity index (χ0) is 16.0. The summed E-state index contributed by atoms with van der Waals surface area (Å²) in [4.78, 5) is 22.7. The number of rotatable bonds is 6. The third-order valence-corrected chi connectivity index (χ3v) is 3.82. The average molecular weight is 302 g/mol. The highest BCUT2D eigenvalue weighted by molar-refractivity contribution is 5.85. The third-order valence-electron chi connectivity index (χ3n) is 3.82. The number of carbonyl (C=O) groups excluding carboxylic acids is 1. The topological polar surface area (TPSA) is 99.4 Å². The lowest BCUT2D eigenvalue weighted by Gasteiger charge is -2.19. The first kappa shape index (κ1) is 15.8. The molecule has 116 valence electrons. The quantitative estimate of drug-likeness (QED) is 0.835. The van der Waals surface area contributed by atoms with Crippen molar-refractivity contribution in [2.75, 3.05) is 6.61 Å². The summed E-state index contributed by atoms with van der Waals surface area (Å²) in [5.74, 6) is -0.842. The van der Waals surface area contributed by atoms with E-state index in [1.165, 1.54) is 0 Å². The molecule has 1 aromatic carbocycles. The highest BCUT2D eigenvalue weighted by Gasteiger charge is 2.41. The van der Waals surface area contributed by atoms with Crippen LogP contribution in [-0.2, 0) is 16.1 Å². The Hall–Kier alpha value is -2.55. The Morgan fingerprint density at radius 1 is 1.36 bits per heavy atom. The van der Waals surface area contributed by atoms with E-state index in [2.05, 4.69) is 11.4 Å². The van der Waals surface area contributed by atoms with Crippen LogP contribution in [-0.4, -0.2) is 23.6 Å². The van der Waals surface area contributed by atoms with Crippen LogP contribution in [0, 0.1) is 16.7 Å². The minimum absolute atomic E-state index is 0.232. The van der Waals surface area contributed by atoms with Crippen molar-refractivity contribution in [3.05, 3.63) is 29.8 Å². The molecule has 1 fully saturated rings. The zero-order valence-corrected chi connectivity index (χ0v) is 12.2. The third kappa shape index (κ3) is 3.76. The maximum absolute atomic E-state index is 12.2. The van der Waals surface area contributed by atoms with Crippen molar-refractivity contribution in [2.45, 2.75) is 32.2 Å². The number of nitrogens with one attached hydrogen (secondary N) is 1. The van der Waals surface area contributed by atoms with E-state index >= 15 is 0 Å². The second-order valence-corrected chi connectivity index (χ2v) is 5.41. The van der Waals surface area contributed by atoms with Crippen LogP contribution in [0.1, 0.15) is 31.2 Å². The number of aliphatic carboxylic acids is 1. The average Bonchev–Trinajstić information content (AvgIpc) is 3.01. The molecule has 0 saturated heterocycles. The summed E-state index contributed by atoms with van der Waals surface area (Å²) in [5.41, 5.74) is -0.0976. The number of ether oxygens (including phenoxy) is 1. The van der Waals surface area contributed by atoms with Gasteiger partial charge in [0.1, 0.15) is 11.2 Å². The molecule has 0 atom stereocenters. The first-order valence-corrected chi connectivity index (χ1v) is 7.19. The molecule has 1 saturated carbocycles. The number of hydrogen-bond donors (Lipinski definition) is 2. The maximum Gasteiger partial charge on any atom is 0.341 e. The van der Waals surface area contributed by atoms with Gasteiger partial charge >= 0.3 is 5.97 Å². The molecule has 0 aliphatic heterocycles. The SMILES string of the molecule is N#CC1(C(=O)NCc2cccc(OCC(=O)O)c2)CCCC1. The van der Waals surface area contributed by atoms with Gasteiger partial charge < -0.3 is 15.2 Å². The predicted octanol–water partition coefficient (Wildman–Crippen LogP) is 1.85. The van der Waals surface area contributed by atoms with E-state index in [4.69, 9.17) is 9.84 Å². The number of nitriles is 1. The van der Waals surface area contributed by atoms with E-state index < -0.39 is 18.0 Å². The van der Waals surface area contributed by atoms with Crippen molar-refractivity contribution in [3.63, 3.8) is 0 Å². The Morgan fingerprint density at radius 3 is 2.73 bits per heavy atom. The Kier molecular flexibility index (Phi) is 4.99. The van der Waals surface area contributed by atoms with Crippen molar-refractivity contribution in [1.82, 2.24) is 5.32 Å². The lowest BCUT2D eigenvalue weighted by molar-refractivity contribution is -0.139. The van der Waals surface area contributed by atoms with Crippen LogP contribution in [0.4, 0.5) is 0 Å². The fourth-order valence-corrected chi connectivity index (χ4v) is 2.61. The Balaban J connectivity index is 1.94. The predicted molar refractivity (Wildman–Crippen MR) is 77.9 cm³/mol. The molecular weight excluding hydrogens is 284 g/mol. The molecule has 1 aliphatic carbocycles. The van der Waals surface area contributed by atoms with Crippen LogP contribution in [0.25, 0.3) is 0 Å². The summed E-state index contributed by atoms with van der Waals surface area (Å²) in [6.45, 7) is -0.125. The number of nitrogens with zero attached hydrogens (tertiary/aromatic N) is 1. The van der Waals surface area contributed by atoms with E-state index in [-0.39, 0.29) is 12.5 Å². The number of carboxylic acid groups (broad SMARTS) is 1. The molecule has 1 amide bonds. The van der Waals surface area contributed by atoms with E-state index in [1.807, 2.05) is 6.07 Å². The molecule has 0 heterocycles. The van der Waals surface area contributed by atoms with Crippen molar-refractivity contribution in [1.29, 1.82) is 5.26 Å². The summed E-state index contributed by atoms with van der Waals surface area (Å²) < 4.78 is 5.09. The molecule has 0 bridgehead atoms. The van der Waals surface area contributed by atoms with Gasteiger partial charge in [0.2, 0.25) is 5.91 Å². The Morgan fingerprint density at radius 2 is 2.09 bits per heavy atom. The van der Waals surface area contributed by atoms with Crippen molar-refractivity contribution in [2.24, 2.45) is 5.41 Å². The fourth-order valence-electron chi connectivity index (χ4n) is 2.61. The van der Waals surface area contributed by atoms with Crippen LogP contribution in [0.5, 0.6) is 5.75 Å². The minimum Gasteiger partial charge on any atom is -0.482 e. The lowest BCUT2D eigenvalue weighted by Crippen LogP contribution is -2.37. The highest BCUT2D eigenvalue weighted by Crippen LogP contribution is 2.37. The van der Waals surface area contributed by atoms with E-state index in [0.717, 1.165) is 18.4 Å². The van der Waals surface area contributed by atoms with Crippen LogP contribution >= 0.6 is 0 Å². The van der Waals surface area contributed by atoms with Crippen LogP contribution in [0.3, 0.4) is 0 Å². The first-order valence-electron chi connectivity index (χ1n) is 7.19. The molecule has 22 heavy (non-hydrogen) atoms. The molecule has 0 unspecified atom stereocenters. The zero-order valence-electron chi connectivity index (χ0n) is 12.2. The molecule has 1 aromatic rings. The van der Waals surface area contributed by atoms with Crippen LogP contribution in [0.2, 0.25) is 0 Å². The molecule has 1 aliphatic rings. The van der Waals surface area contributed by atoms with Gasteiger partial charge in [0.25, 0.3) is 0 Å². The summed E-state index contributed by atoms with van der Waals surface area (Å²) in [6.07, 6.45) is 3.02. The van der Waals surface area contributed by atoms with Gasteiger partial charge in [0.15, 0.2) is 6.61 Å². The van der Waals surface area contributed by atoms with E-state index in [0.29, 0.717) is 18.6 Å². The normalized spacial score (nSPS) is 15.8. The van der Waals surface area contributed by atoms with Crippen molar-refractivity contribution >= 4 is 11.9 Å². The number of hydrogen-bond acceptors (Lipinski definition) is 4. The van der Waals surface area contributed by atoms with Crippen LogP contribution in [0.15, 0.2) is 24.3 Å². The van der Waals surface area contributed by atoms with E-state index in [9.17, 15) is 14.9 Å². The highest BCUT2D eigenvalue weighted by atomic mass is 16.5. The number of carbonyl (C=O) groups is 2. The van der Waals surface area contributed by atoms with Gasteiger partial charge in [0, 0.05) is 6.54 Å². The molecule has 2 rings (SSSR count). The second kappa shape index (κ2) is 6.94. The fraction of sp³-hybridized carbons (Fsp3) is 0.438. The van der Waals surface area contributed by atoms with Gasteiger partial charge in [-0.05, 0) is 30.5 Å². The lowest BCUT2D eigenvalue weighted by atomic mass is 9.87. The summed E-state index contributed by atoms with van der Waals surface area (Å²) in [7, 11) is 0. The molecule has 2 N–H and O–H groups in total. The second-order valence-electron chi connectivity index (χ2n) is 5.41. The standard InChI is InChI=1S/C16H18N2O4/c17-11-16(6-1-2-7-16)15(21)18-9-12-4-3-5-13(8-12)22-10-14(19)20/h3-5,8H,1-2,6-7,9-10H2,(H,18,21)(H,19,20). The van der Waals surface area contributed by atoms with Crippen LogP contribution < -0.4 is 10.1 Å². The van der Waals surface area contributed by atoms with Gasteiger partial charge in [-0.15, -0.1) is 0 Å². The summed E-state index contributed by atoms with van der Waals surface area (Å²) in [6, 6.07) is 9.03. The maximum atomic E-state index is 12.2. The van der Waals surface area contributed by atoms with Gasteiger partial charge in [0.05, 0.1) is 6.07 Å². The smallest absolute Gasteiger partial charge is 0.341 e. The summed E-state index contributed by atoms with van der Waals surface area (Å²) >= 11 is 0. The first-order chi connectivity index (χ1) is 10.6. The van der Waals surface area contributed by atoms with Gasteiger partial charge in [-0.25, -0.2) is 4.79 Å². The molecular formula is C16H18N2O4. The van der Waals surface area contributed by atoms with E-state index in [1.54, 1.807) is 18.2 Å². The van der Waals surface area contributed by atoms with Gasteiger partial charge in [-0.3, -0.25) is 4.79 Å². The van der Waals surface area contributed by atoms with Crippen molar-refractivity contribution < 1.29 is 19.4 Å². The Labute approximate surface area is 128 Å². The Bertz CT molecular complexity index is 600. The van der Waals surface area contributed by atoms with Gasteiger partial charge in [-0.1, -0.05) is 25.0 Å². The molecule has 0 aromatic heterocycles. The monoisotopic (exact) mass is 302 g/mol. The van der Waals surface area contributed by atoms with Crippen molar-refractivity contribution in [3.8, 4) is 11.8 Å². The molecule has 6 nitrogen and oxygen atoms in total. The largest absolute Gasteiger partial charge is 0.482 e.